The van der Waals surface area contributed by atoms with Crippen molar-refractivity contribution in [1.29, 1.82) is 0 Å². The van der Waals surface area contributed by atoms with Crippen molar-refractivity contribution in [1.82, 2.24) is 0 Å². The van der Waals surface area contributed by atoms with E-state index in [0.29, 0.717) is 6.61 Å². The molecule has 106 valence electrons. The second kappa shape index (κ2) is 6.31. The van der Waals surface area contributed by atoms with Gasteiger partial charge in [-0.3, -0.25) is 0 Å². The molecule has 3 aromatic rings. The molecular weight excluding hydrogens is 258 g/mol. The third kappa shape index (κ3) is 3.00. The van der Waals surface area contributed by atoms with Gasteiger partial charge in [0, 0.05) is 23.0 Å². The zero-order chi connectivity index (χ0) is 14.5. The average molecular weight is 277 g/mol. The predicted molar refractivity (Wildman–Crippen MR) is 88.9 cm³/mol. The minimum atomic E-state index is 0.589. The highest BCUT2D eigenvalue weighted by Crippen LogP contribution is 2.31. The largest absolute Gasteiger partial charge is 0.488 e. The summed E-state index contributed by atoms with van der Waals surface area (Å²) in [6.07, 6.45) is 0. The van der Waals surface area contributed by atoms with Crippen LogP contribution in [0.15, 0.2) is 66.7 Å². The molecule has 0 fully saturated rings. The van der Waals surface area contributed by atoms with Crippen molar-refractivity contribution >= 4 is 16.5 Å². The first-order valence-corrected chi connectivity index (χ1v) is 7.31. The van der Waals surface area contributed by atoms with Gasteiger partial charge in [0.1, 0.15) is 12.4 Å². The van der Waals surface area contributed by atoms with E-state index in [-0.39, 0.29) is 0 Å². The lowest BCUT2D eigenvalue weighted by atomic mass is 10.1. The molecule has 0 heterocycles. The highest BCUT2D eigenvalue weighted by molar-refractivity contribution is 5.97. The summed E-state index contributed by atoms with van der Waals surface area (Å²) in [4.78, 5) is 0. The second-order valence-electron chi connectivity index (χ2n) is 4.96. The molecule has 0 aliphatic heterocycles. The summed E-state index contributed by atoms with van der Waals surface area (Å²) in [6, 6.07) is 22.7. The van der Waals surface area contributed by atoms with Crippen LogP contribution in [0.1, 0.15) is 12.5 Å². The number of nitrogens with one attached hydrogen (secondary N) is 1. The van der Waals surface area contributed by atoms with Crippen LogP contribution in [-0.4, -0.2) is 6.54 Å². The van der Waals surface area contributed by atoms with Crippen molar-refractivity contribution in [3.8, 4) is 5.75 Å². The molecule has 0 saturated carbocycles. The fourth-order valence-corrected chi connectivity index (χ4v) is 2.48. The van der Waals surface area contributed by atoms with Crippen molar-refractivity contribution in [2.24, 2.45) is 0 Å². The lowest BCUT2D eigenvalue weighted by Gasteiger charge is -2.13. The third-order valence-electron chi connectivity index (χ3n) is 3.49. The Morgan fingerprint density at radius 2 is 1.52 bits per heavy atom. The van der Waals surface area contributed by atoms with Crippen molar-refractivity contribution in [3.05, 3.63) is 72.3 Å². The number of hydrogen-bond acceptors (Lipinski definition) is 2. The van der Waals surface area contributed by atoms with E-state index in [1.54, 1.807) is 0 Å². The van der Waals surface area contributed by atoms with Gasteiger partial charge in [0.15, 0.2) is 0 Å². The molecule has 0 aliphatic carbocycles. The third-order valence-corrected chi connectivity index (χ3v) is 3.49. The van der Waals surface area contributed by atoms with Crippen molar-refractivity contribution in [3.63, 3.8) is 0 Å². The molecule has 1 N–H and O–H groups in total. The van der Waals surface area contributed by atoms with Gasteiger partial charge in [-0.1, -0.05) is 54.6 Å². The van der Waals surface area contributed by atoms with E-state index in [4.69, 9.17) is 4.74 Å². The molecular formula is C19H19NO. The average Bonchev–Trinajstić information content (AvgIpc) is 2.55. The number of fused-ring (bicyclic) bond motifs is 1. The van der Waals surface area contributed by atoms with Gasteiger partial charge < -0.3 is 10.1 Å². The molecule has 0 radical (unpaired) electrons. The maximum Gasteiger partial charge on any atom is 0.127 e. The highest BCUT2D eigenvalue weighted by atomic mass is 16.5. The number of ether oxygens (including phenoxy) is 1. The Hall–Kier alpha value is -2.48. The van der Waals surface area contributed by atoms with Crippen molar-refractivity contribution < 1.29 is 4.74 Å². The molecule has 0 saturated heterocycles. The van der Waals surface area contributed by atoms with E-state index >= 15 is 0 Å². The normalized spacial score (nSPS) is 10.5. The zero-order valence-electron chi connectivity index (χ0n) is 12.2. The molecule has 3 aromatic carbocycles. The Morgan fingerprint density at radius 1 is 0.810 bits per heavy atom. The summed E-state index contributed by atoms with van der Waals surface area (Å²) in [6.45, 7) is 3.61. The second-order valence-corrected chi connectivity index (χ2v) is 4.96. The van der Waals surface area contributed by atoms with Gasteiger partial charge in [0.2, 0.25) is 0 Å². The lowest BCUT2D eigenvalue weighted by molar-refractivity contribution is 0.310. The monoisotopic (exact) mass is 277 g/mol. The number of hydrogen-bond donors (Lipinski definition) is 1. The van der Waals surface area contributed by atoms with Crippen molar-refractivity contribution in [2.45, 2.75) is 13.5 Å². The SMILES string of the molecule is CCNc1ccc(OCc2ccccc2)c2ccccc12. The summed E-state index contributed by atoms with van der Waals surface area (Å²) in [5.74, 6) is 0.927. The molecule has 21 heavy (non-hydrogen) atoms. The van der Waals surface area contributed by atoms with Gasteiger partial charge in [-0.25, -0.2) is 0 Å². The summed E-state index contributed by atoms with van der Waals surface area (Å²) < 4.78 is 6.01. The van der Waals surface area contributed by atoms with Crippen LogP contribution >= 0.6 is 0 Å². The topological polar surface area (TPSA) is 21.3 Å². The summed E-state index contributed by atoms with van der Waals surface area (Å²) in [7, 11) is 0. The first-order valence-electron chi connectivity index (χ1n) is 7.31. The van der Waals surface area contributed by atoms with E-state index in [0.717, 1.165) is 23.4 Å². The Balaban J connectivity index is 1.90. The molecule has 2 heteroatoms. The molecule has 0 aromatic heterocycles. The Kier molecular flexibility index (Phi) is 4.06. The van der Waals surface area contributed by atoms with E-state index in [1.807, 2.05) is 30.3 Å². The molecule has 0 unspecified atom stereocenters. The summed E-state index contributed by atoms with van der Waals surface area (Å²) in [5, 5.41) is 5.74. The van der Waals surface area contributed by atoms with Gasteiger partial charge in [-0.05, 0) is 24.6 Å². The van der Waals surface area contributed by atoms with Crippen LogP contribution in [0.25, 0.3) is 10.8 Å². The summed E-state index contributed by atoms with van der Waals surface area (Å²) >= 11 is 0. The molecule has 0 atom stereocenters. The molecule has 0 bridgehead atoms. The van der Waals surface area contributed by atoms with E-state index in [1.165, 1.54) is 10.9 Å². The zero-order valence-corrected chi connectivity index (χ0v) is 12.2. The molecule has 0 amide bonds. The highest BCUT2D eigenvalue weighted by Gasteiger charge is 2.06. The van der Waals surface area contributed by atoms with Crippen LogP contribution in [-0.2, 0) is 6.61 Å². The smallest absolute Gasteiger partial charge is 0.127 e. The van der Waals surface area contributed by atoms with Crippen LogP contribution in [0.2, 0.25) is 0 Å². The van der Waals surface area contributed by atoms with Crippen LogP contribution in [0.3, 0.4) is 0 Å². The standard InChI is InChI=1S/C19H19NO/c1-2-20-18-12-13-19(17-11-7-6-10-16(17)18)21-14-15-8-4-3-5-9-15/h3-13,20H,2,14H2,1H3. The number of rotatable bonds is 5. The Bertz CT molecular complexity index is 722. The van der Waals surface area contributed by atoms with Crippen LogP contribution in [0.4, 0.5) is 5.69 Å². The maximum atomic E-state index is 6.01. The maximum absolute atomic E-state index is 6.01. The fraction of sp³-hybridized carbons (Fsp3) is 0.158. The molecule has 3 rings (SSSR count). The van der Waals surface area contributed by atoms with E-state index in [9.17, 15) is 0 Å². The van der Waals surface area contributed by atoms with Crippen LogP contribution in [0, 0.1) is 0 Å². The van der Waals surface area contributed by atoms with Crippen molar-refractivity contribution in [2.75, 3.05) is 11.9 Å². The minimum Gasteiger partial charge on any atom is -0.488 e. The van der Waals surface area contributed by atoms with Gasteiger partial charge in [-0.2, -0.15) is 0 Å². The minimum absolute atomic E-state index is 0.589. The van der Waals surface area contributed by atoms with Gasteiger partial charge in [0.05, 0.1) is 0 Å². The van der Waals surface area contributed by atoms with Gasteiger partial charge in [0.25, 0.3) is 0 Å². The van der Waals surface area contributed by atoms with Gasteiger partial charge >= 0.3 is 0 Å². The molecule has 2 nitrogen and oxygen atoms in total. The quantitative estimate of drug-likeness (QED) is 0.719. The summed E-state index contributed by atoms with van der Waals surface area (Å²) in [5.41, 5.74) is 2.33. The van der Waals surface area contributed by atoms with Gasteiger partial charge in [-0.15, -0.1) is 0 Å². The first kappa shape index (κ1) is 13.5. The first-order chi connectivity index (χ1) is 10.4. The predicted octanol–water partition coefficient (Wildman–Crippen LogP) is 4.85. The van der Waals surface area contributed by atoms with Crippen LogP contribution < -0.4 is 10.1 Å². The molecule has 0 spiro atoms. The fourth-order valence-electron chi connectivity index (χ4n) is 2.48. The number of benzene rings is 3. The Morgan fingerprint density at radius 3 is 2.29 bits per heavy atom. The molecule has 0 aliphatic rings. The van der Waals surface area contributed by atoms with Crippen LogP contribution in [0.5, 0.6) is 5.75 Å². The Labute approximate surface area is 125 Å². The number of anilines is 1. The van der Waals surface area contributed by atoms with E-state index in [2.05, 4.69) is 48.6 Å². The van der Waals surface area contributed by atoms with E-state index < -0.39 is 0 Å². The lowest BCUT2D eigenvalue weighted by Crippen LogP contribution is -1.99.